The number of ketones is 1. The molecular formula is C25H37N3O4S. The number of anilines is 1. The first-order valence-electron chi connectivity index (χ1n) is 12.7. The maximum atomic E-state index is 13.5. The summed E-state index contributed by atoms with van der Waals surface area (Å²) >= 11 is 1.48. The summed E-state index contributed by atoms with van der Waals surface area (Å²) in [6.07, 6.45) is 10.9. The molecule has 0 spiro atoms. The summed E-state index contributed by atoms with van der Waals surface area (Å²) in [5.41, 5.74) is 1.52. The molecule has 0 radical (unpaired) electrons. The highest BCUT2D eigenvalue weighted by Crippen LogP contribution is 2.38. The molecule has 2 amide bonds. The van der Waals surface area contributed by atoms with E-state index >= 15 is 0 Å². The second kappa shape index (κ2) is 11.5. The molecule has 8 heteroatoms. The highest BCUT2D eigenvalue weighted by molar-refractivity contribution is 7.17. The third kappa shape index (κ3) is 5.77. The highest BCUT2D eigenvalue weighted by atomic mass is 32.1. The molecule has 3 aliphatic rings. The van der Waals surface area contributed by atoms with Gasteiger partial charge in [-0.2, -0.15) is 0 Å². The predicted octanol–water partition coefficient (Wildman–Crippen LogP) is 4.44. The molecule has 2 heterocycles. The lowest BCUT2D eigenvalue weighted by Crippen LogP contribution is -2.52. The minimum Gasteiger partial charge on any atom is -0.462 e. The Morgan fingerprint density at radius 1 is 1.03 bits per heavy atom. The number of amides is 2. The summed E-state index contributed by atoms with van der Waals surface area (Å²) < 4.78 is 5.30. The fourth-order valence-electron chi connectivity index (χ4n) is 5.59. The molecule has 2 aliphatic carbocycles. The molecular weight excluding hydrogens is 438 g/mol. The van der Waals surface area contributed by atoms with Crippen LogP contribution < -0.4 is 16.0 Å². The zero-order chi connectivity index (χ0) is 23.2. The Hall–Kier alpha value is -1.93. The number of thiophene rings is 1. The Bertz CT molecular complexity index is 856. The largest absolute Gasteiger partial charge is 0.462 e. The van der Waals surface area contributed by atoms with E-state index in [9.17, 15) is 14.4 Å². The highest BCUT2D eigenvalue weighted by Gasteiger charge is 2.36. The molecule has 0 bridgehead atoms. The molecule has 1 aromatic rings. The van der Waals surface area contributed by atoms with Crippen LogP contribution in [0.1, 0.15) is 85.5 Å². The van der Waals surface area contributed by atoms with Gasteiger partial charge in [0.15, 0.2) is 5.78 Å². The first kappa shape index (κ1) is 24.2. The Kier molecular flexibility index (Phi) is 8.41. The molecule has 3 N–H and O–H groups in total. The minimum atomic E-state index is -0.476. The van der Waals surface area contributed by atoms with E-state index < -0.39 is 12.1 Å². The molecule has 2 fully saturated rings. The predicted molar refractivity (Wildman–Crippen MR) is 130 cm³/mol. The van der Waals surface area contributed by atoms with Crippen LogP contribution in [0.15, 0.2) is 0 Å². The second-order valence-corrected chi connectivity index (χ2v) is 10.6. The van der Waals surface area contributed by atoms with Crippen molar-refractivity contribution < 1.29 is 19.1 Å². The van der Waals surface area contributed by atoms with Crippen molar-refractivity contribution in [1.82, 2.24) is 10.6 Å². The maximum Gasteiger partial charge on any atom is 0.341 e. The lowest BCUT2D eigenvalue weighted by molar-refractivity contribution is -0.127. The van der Waals surface area contributed by atoms with Gasteiger partial charge in [-0.05, 0) is 82.9 Å². The summed E-state index contributed by atoms with van der Waals surface area (Å²) in [6.45, 7) is 3.82. The van der Waals surface area contributed by atoms with Crippen LogP contribution in [0, 0.1) is 11.8 Å². The fraction of sp³-hybridized carbons (Fsp3) is 0.720. The number of hydrogen-bond acceptors (Lipinski definition) is 6. The van der Waals surface area contributed by atoms with Crippen LogP contribution in [0.2, 0.25) is 0 Å². The molecule has 1 saturated carbocycles. The van der Waals surface area contributed by atoms with Crippen LogP contribution in [-0.2, 0) is 22.4 Å². The Labute approximate surface area is 200 Å². The average Bonchev–Trinajstić information content (AvgIpc) is 3.21. The summed E-state index contributed by atoms with van der Waals surface area (Å²) in [5, 5.41) is 9.87. The Balaban J connectivity index is 1.51. The lowest BCUT2D eigenvalue weighted by atomic mass is 9.78. The summed E-state index contributed by atoms with van der Waals surface area (Å²) in [7, 11) is 0. The molecule has 33 heavy (non-hydrogen) atoms. The monoisotopic (exact) mass is 475 g/mol. The van der Waals surface area contributed by atoms with Crippen molar-refractivity contribution in [3.8, 4) is 0 Å². The van der Waals surface area contributed by atoms with Gasteiger partial charge in [0, 0.05) is 10.8 Å². The number of nitrogens with one attached hydrogen (secondary N) is 3. The van der Waals surface area contributed by atoms with Gasteiger partial charge >= 0.3 is 12.0 Å². The number of hydrogen-bond donors (Lipinski definition) is 3. The van der Waals surface area contributed by atoms with Crippen LogP contribution in [0.3, 0.4) is 0 Å². The van der Waals surface area contributed by atoms with E-state index in [0.29, 0.717) is 17.2 Å². The number of piperidine rings is 1. The van der Waals surface area contributed by atoms with Crippen molar-refractivity contribution in [3.05, 3.63) is 16.0 Å². The number of rotatable bonds is 7. The van der Waals surface area contributed by atoms with E-state index in [2.05, 4.69) is 16.0 Å². The zero-order valence-corrected chi connectivity index (χ0v) is 20.5. The average molecular weight is 476 g/mol. The molecule has 1 aromatic heterocycles. The molecule has 0 aromatic carbocycles. The van der Waals surface area contributed by atoms with E-state index in [1.54, 1.807) is 6.92 Å². The van der Waals surface area contributed by atoms with Gasteiger partial charge < -0.3 is 15.4 Å². The van der Waals surface area contributed by atoms with Crippen molar-refractivity contribution in [2.75, 3.05) is 25.0 Å². The Morgan fingerprint density at radius 2 is 1.76 bits per heavy atom. The van der Waals surface area contributed by atoms with Gasteiger partial charge in [0.2, 0.25) is 0 Å². The molecule has 7 nitrogen and oxygen atoms in total. The molecule has 182 valence electrons. The van der Waals surface area contributed by atoms with Crippen LogP contribution >= 0.6 is 11.3 Å². The van der Waals surface area contributed by atoms with Crippen LogP contribution in [0.5, 0.6) is 0 Å². The molecule has 1 atom stereocenters. The van der Waals surface area contributed by atoms with Crippen molar-refractivity contribution in [2.45, 2.75) is 83.6 Å². The van der Waals surface area contributed by atoms with Crippen molar-refractivity contribution in [1.29, 1.82) is 0 Å². The quantitative estimate of drug-likeness (QED) is 0.507. The fourth-order valence-corrected chi connectivity index (χ4v) is 6.87. The summed E-state index contributed by atoms with van der Waals surface area (Å²) in [6, 6.07) is -0.873. The number of fused-ring (bicyclic) bond motifs is 1. The van der Waals surface area contributed by atoms with E-state index in [4.69, 9.17) is 4.74 Å². The summed E-state index contributed by atoms with van der Waals surface area (Å²) in [4.78, 5) is 40.5. The number of Topliss-reactive ketones (excluding diaryl/α,β-unsaturated/α-hetero) is 1. The van der Waals surface area contributed by atoms with Gasteiger partial charge in [-0.15, -0.1) is 11.3 Å². The second-order valence-electron chi connectivity index (χ2n) is 9.54. The number of urea groups is 1. The third-order valence-corrected chi connectivity index (χ3v) is 8.54. The van der Waals surface area contributed by atoms with Gasteiger partial charge in [-0.3, -0.25) is 10.1 Å². The van der Waals surface area contributed by atoms with E-state index in [0.717, 1.165) is 87.7 Å². The van der Waals surface area contributed by atoms with Gasteiger partial charge in [0.05, 0.1) is 18.2 Å². The number of carbonyl (C=O) groups is 3. The van der Waals surface area contributed by atoms with Gasteiger partial charge in [-0.25, -0.2) is 9.59 Å². The topological polar surface area (TPSA) is 96.5 Å². The van der Waals surface area contributed by atoms with Gasteiger partial charge in [0.1, 0.15) is 5.00 Å². The number of ether oxygens (including phenoxy) is 1. The summed E-state index contributed by atoms with van der Waals surface area (Å²) in [5.74, 6) is 0.00352. The van der Waals surface area contributed by atoms with Crippen molar-refractivity contribution >= 4 is 34.1 Å². The van der Waals surface area contributed by atoms with Crippen LogP contribution in [-0.4, -0.2) is 43.5 Å². The van der Waals surface area contributed by atoms with Crippen LogP contribution in [0.4, 0.5) is 9.80 Å². The lowest BCUT2D eigenvalue weighted by Gasteiger charge is -2.33. The van der Waals surface area contributed by atoms with Gasteiger partial charge in [-0.1, -0.05) is 19.3 Å². The molecule has 1 unspecified atom stereocenters. The maximum absolute atomic E-state index is 13.5. The van der Waals surface area contributed by atoms with Crippen molar-refractivity contribution in [2.24, 2.45) is 11.8 Å². The van der Waals surface area contributed by atoms with Crippen LogP contribution in [0.25, 0.3) is 0 Å². The molecule has 4 rings (SSSR count). The Morgan fingerprint density at radius 3 is 2.48 bits per heavy atom. The third-order valence-electron chi connectivity index (χ3n) is 7.33. The molecule has 1 saturated heterocycles. The number of carbonyl (C=O) groups excluding carboxylic acids is 3. The molecule has 1 aliphatic heterocycles. The zero-order valence-electron chi connectivity index (χ0n) is 19.7. The smallest absolute Gasteiger partial charge is 0.341 e. The minimum absolute atomic E-state index is 0.0445. The first-order chi connectivity index (χ1) is 16.1. The van der Waals surface area contributed by atoms with E-state index in [-0.39, 0.29) is 23.6 Å². The standard InChI is InChI=1S/C25H37N3O4S/c1-2-32-24(30)20-18-10-6-7-11-19(18)33-23(20)28-25(31)27-21(16-12-14-26-15-13-16)22(29)17-8-4-3-5-9-17/h16-17,21,26H,2-15H2,1H3,(H2,27,28,31). The van der Waals surface area contributed by atoms with Gasteiger partial charge in [0.25, 0.3) is 0 Å². The normalized spacial score (nSPS) is 20.5. The SMILES string of the molecule is CCOC(=O)c1c(NC(=O)NC(C(=O)C2CCCCC2)C2CCNCC2)sc2c1CCCC2. The van der Waals surface area contributed by atoms with Crippen molar-refractivity contribution in [3.63, 3.8) is 0 Å². The first-order valence-corrected chi connectivity index (χ1v) is 13.5. The van der Waals surface area contributed by atoms with E-state index in [1.807, 2.05) is 0 Å². The number of aryl methyl sites for hydroxylation is 1. The number of esters is 1. The van der Waals surface area contributed by atoms with E-state index in [1.165, 1.54) is 17.8 Å².